The van der Waals surface area contributed by atoms with Crippen molar-refractivity contribution in [3.8, 4) is 0 Å². The van der Waals surface area contributed by atoms with E-state index in [1.54, 1.807) is 0 Å². The summed E-state index contributed by atoms with van der Waals surface area (Å²) in [6.07, 6.45) is 9.25. The lowest BCUT2D eigenvalue weighted by Crippen LogP contribution is -2.69. The van der Waals surface area contributed by atoms with Crippen LogP contribution in [0.25, 0.3) is 0 Å². The van der Waals surface area contributed by atoms with Gasteiger partial charge in [0.2, 0.25) is 0 Å². The molecule has 3 heteroatoms. The fourth-order valence-corrected chi connectivity index (χ4v) is 3.87. The van der Waals surface area contributed by atoms with Gasteiger partial charge in [-0.1, -0.05) is 26.2 Å². The third-order valence-corrected chi connectivity index (χ3v) is 6.21. The van der Waals surface area contributed by atoms with Crippen molar-refractivity contribution >= 4 is 0 Å². The topological polar surface area (TPSA) is 24.5 Å². The highest BCUT2D eigenvalue weighted by molar-refractivity contribution is 5.04. The second-order valence-electron chi connectivity index (χ2n) is 8.18. The third kappa shape index (κ3) is 4.00. The van der Waals surface area contributed by atoms with Crippen molar-refractivity contribution in [3.05, 3.63) is 0 Å². The van der Waals surface area contributed by atoms with Gasteiger partial charge in [-0.2, -0.15) is 0 Å². The number of methoxy groups -OCH3 is 1. The Morgan fingerprint density at radius 3 is 2.43 bits per heavy atom. The van der Waals surface area contributed by atoms with Crippen LogP contribution >= 0.6 is 0 Å². The molecule has 1 atom stereocenters. The van der Waals surface area contributed by atoms with Crippen LogP contribution in [0.5, 0.6) is 0 Å². The molecule has 1 saturated carbocycles. The van der Waals surface area contributed by atoms with Crippen molar-refractivity contribution in [2.24, 2.45) is 0 Å². The van der Waals surface area contributed by atoms with Crippen LogP contribution in [0.2, 0.25) is 0 Å². The molecule has 1 saturated heterocycles. The Bertz CT molecular complexity index is 336. The summed E-state index contributed by atoms with van der Waals surface area (Å²) in [7, 11) is 1.83. The summed E-state index contributed by atoms with van der Waals surface area (Å²) in [6.45, 7) is 12.7. The van der Waals surface area contributed by atoms with Gasteiger partial charge < -0.3 is 10.1 Å². The predicted molar refractivity (Wildman–Crippen MR) is 89.8 cm³/mol. The number of hydrogen-bond donors (Lipinski definition) is 1. The highest BCUT2D eigenvalue weighted by Gasteiger charge is 2.44. The minimum absolute atomic E-state index is 0.0146. The van der Waals surface area contributed by atoms with Crippen LogP contribution in [0, 0.1) is 0 Å². The summed E-state index contributed by atoms with van der Waals surface area (Å²) in [5.74, 6) is 0. The smallest absolute Gasteiger partial charge is 0.0634 e. The van der Waals surface area contributed by atoms with Gasteiger partial charge >= 0.3 is 0 Å². The average molecular weight is 296 g/mol. The Morgan fingerprint density at radius 2 is 1.86 bits per heavy atom. The van der Waals surface area contributed by atoms with E-state index in [4.69, 9.17) is 4.74 Å². The highest BCUT2D eigenvalue weighted by atomic mass is 16.5. The zero-order valence-corrected chi connectivity index (χ0v) is 14.9. The summed E-state index contributed by atoms with van der Waals surface area (Å²) in [5, 5.41) is 3.94. The highest BCUT2D eigenvalue weighted by Crippen LogP contribution is 2.36. The van der Waals surface area contributed by atoms with E-state index in [1.807, 2.05) is 7.11 Å². The summed E-state index contributed by atoms with van der Waals surface area (Å²) < 4.78 is 5.63. The number of nitrogens with zero attached hydrogens (tertiary/aromatic N) is 1. The molecule has 1 N–H and O–H groups in total. The summed E-state index contributed by atoms with van der Waals surface area (Å²) in [6, 6.07) is 0. The molecule has 0 radical (unpaired) electrons. The first-order valence-electron chi connectivity index (χ1n) is 8.90. The number of hydrogen-bond acceptors (Lipinski definition) is 3. The fourth-order valence-electron chi connectivity index (χ4n) is 3.87. The Labute approximate surface area is 131 Å². The first kappa shape index (κ1) is 17.2. The first-order chi connectivity index (χ1) is 9.85. The molecule has 0 bridgehead atoms. The van der Waals surface area contributed by atoms with Crippen LogP contribution in [0.4, 0.5) is 0 Å². The Kier molecular flexibility index (Phi) is 5.38. The molecule has 0 amide bonds. The minimum atomic E-state index is -0.0146. The maximum atomic E-state index is 5.63. The molecular weight excluding hydrogens is 260 g/mol. The van der Waals surface area contributed by atoms with Gasteiger partial charge in [0.05, 0.1) is 5.60 Å². The van der Waals surface area contributed by atoms with Crippen LogP contribution in [-0.4, -0.2) is 48.3 Å². The molecule has 3 nitrogen and oxygen atoms in total. The van der Waals surface area contributed by atoms with E-state index < -0.39 is 0 Å². The van der Waals surface area contributed by atoms with Crippen LogP contribution in [0.3, 0.4) is 0 Å². The van der Waals surface area contributed by atoms with Crippen molar-refractivity contribution in [2.75, 3.05) is 26.7 Å². The predicted octanol–water partition coefficient (Wildman–Crippen LogP) is 3.58. The third-order valence-electron chi connectivity index (χ3n) is 6.21. The standard InChI is InChI=1S/C18H36N2O/c1-6-17(4)14-19-18(10-8-7-9-11-18)15-20(17)13-12-16(2,3)21-5/h19H,6-15H2,1-5H3. The van der Waals surface area contributed by atoms with E-state index in [0.717, 1.165) is 19.5 Å². The van der Waals surface area contributed by atoms with Gasteiger partial charge in [-0.25, -0.2) is 0 Å². The Balaban J connectivity index is 2.05. The molecule has 1 spiro atoms. The monoisotopic (exact) mass is 296 g/mol. The van der Waals surface area contributed by atoms with Gasteiger partial charge in [0.25, 0.3) is 0 Å². The molecule has 124 valence electrons. The zero-order chi connectivity index (χ0) is 15.6. The zero-order valence-electron chi connectivity index (χ0n) is 14.9. The van der Waals surface area contributed by atoms with E-state index >= 15 is 0 Å². The van der Waals surface area contributed by atoms with E-state index in [1.165, 1.54) is 45.1 Å². The van der Waals surface area contributed by atoms with Gasteiger partial charge in [-0.15, -0.1) is 0 Å². The summed E-state index contributed by atoms with van der Waals surface area (Å²) >= 11 is 0. The normalized spacial score (nSPS) is 30.7. The Morgan fingerprint density at radius 1 is 1.19 bits per heavy atom. The molecule has 2 rings (SSSR count). The molecule has 21 heavy (non-hydrogen) atoms. The molecule has 2 aliphatic rings. The quantitative estimate of drug-likeness (QED) is 0.839. The molecule has 0 aromatic carbocycles. The maximum Gasteiger partial charge on any atom is 0.0634 e. The van der Waals surface area contributed by atoms with E-state index in [0.29, 0.717) is 11.1 Å². The number of nitrogens with one attached hydrogen (secondary N) is 1. The number of rotatable bonds is 5. The second-order valence-corrected chi connectivity index (χ2v) is 8.18. The van der Waals surface area contributed by atoms with Gasteiger partial charge in [0, 0.05) is 37.8 Å². The van der Waals surface area contributed by atoms with Crippen LogP contribution < -0.4 is 5.32 Å². The first-order valence-corrected chi connectivity index (χ1v) is 8.90. The summed E-state index contributed by atoms with van der Waals surface area (Å²) in [4.78, 5) is 2.76. The lowest BCUT2D eigenvalue weighted by Gasteiger charge is -2.55. The maximum absolute atomic E-state index is 5.63. The number of piperazine rings is 1. The van der Waals surface area contributed by atoms with Crippen molar-refractivity contribution in [1.29, 1.82) is 0 Å². The minimum Gasteiger partial charge on any atom is -0.379 e. The lowest BCUT2D eigenvalue weighted by atomic mass is 9.76. The van der Waals surface area contributed by atoms with Crippen molar-refractivity contribution in [2.45, 2.75) is 89.3 Å². The second kappa shape index (κ2) is 6.55. The fraction of sp³-hybridized carbons (Fsp3) is 1.00. The van der Waals surface area contributed by atoms with E-state index in [2.05, 4.69) is 37.9 Å². The molecule has 0 aromatic heterocycles. The van der Waals surface area contributed by atoms with Gasteiger partial charge in [-0.05, 0) is 46.5 Å². The molecule has 1 unspecified atom stereocenters. The molecule has 1 aliphatic heterocycles. The van der Waals surface area contributed by atoms with E-state index in [9.17, 15) is 0 Å². The van der Waals surface area contributed by atoms with Crippen molar-refractivity contribution in [3.63, 3.8) is 0 Å². The molecule has 0 aromatic rings. The van der Waals surface area contributed by atoms with Gasteiger partial charge in [-0.3, -0.25) is 4.90 Å². The van der Waals surface area contributed by atoms with E-state index in [-0.39, 0.29) is 5.60 Å². The van der Waals surface area contributed by atoms with Gasteiger partial charge in [0.1, 0.15) is 0 Å². The average Bonchev–Trinajstić information content (AvgIpc) is 2.50. The van der Waals surface area contributed by atoms with Crippen LogP contribution in [0.1, 0.15) is 72.6 Å². The largest absolute Gasteiger partial charge is 0.379 e. The Hall–Kier alpha value is -0.120. The SMILES string of the molecule is CCC1(C)CNC2(CCCCC2)CN1CCC(C)(C)OC. The molecule has 1 aliphatic carbocycles. The number of ether oxygens (including phenoxy) is 1. The van der Waals surface area contributed by atoms with Crippen molar-refractivity contribution < 1.29 is 4.74 Å². The lowest BCUT2D eigenvalue weighted by molar-refractivity contribution is -0.0340. The molecule has 1 heterocycles. The van der Waals surface area contributed by atoms with Gasteiger partial charge in [0.15, 0.2) is 0 Å². The summed E-state index contributed by atoms with van der Waals surface area (Å²) in [5.41, 5.74) is 0.677. The molecular formula is C18H36N2O. The van der Waals surface area contributed by atoms with Crippen molar-refractivity contribution in [1.82, 2.24) is 10.2 Å². The van der Waals surface area contributed by atoms with Crippen LogP contribution in [0.15, 0.2) is 0 Å². The molecule has 2 fully saturated rings. The van der Waals surface area contributed by atoms with Crippen LogP contribution in [-0.2, 0) is 4.74 Å².